The number of fused-ring (bicyclic) bond motifs is 2. The number of carbonyl (C=O) groups excluding carboxylic acids is 2. The molecule has 13 nitrogen and oxygen atoms in total. The molecule has 7 unspecified atom stereocenters. The van der Waals surface area contributed by atoms with Gasteiger partial charge in [-0.25, -0.2) is 4.79 Å². The number of ether oxygens (including phenoxy) is 4. The average Bonchev–Trinajstić information content (AvgIpc) is 3.35. The monoisotopic (exact) mass is 925 g/mol. The Morgan fingerprint density at radius 2 is 1.67 bits per heavy atom. The van der Waals surface area contributed by atoms with Gasteiger partial charge in [-0.1, -0.05) is 94.9 Å². The topological polar surface area (TPSA) is 172 Å². The number of allylic oxidation sites excluding steroid dienone is 1. The van der Waals surface area contributed by atoms with Crippen LogP contribution in [0.3, 0.4) is 0 Å². The molecular formula is C54H76N4O9. The average molecular weight is 925 g/mol. The predicted molar refractivity (Wildman–Crippen MR) is 259 cm³/mol. The van der Waals surface area contributed by atoms with E-state index in [1.807, 2.05) is 12.1 Å². The van der Waals surface area contributed by atoms with Gasteiger partial charge in [-0.15, -0.1) is 6.58 Å². The van der Waals surface area contributed by atoms with Crippen molar-refractivity contribution in [3.05, 3.63) is 83.5 Å². The first-order valence-corrected chi connectivity index (χ1v) is 25.4. The molecule has 366 valence electrons. The molecule has 2 fully saturated rings. The first-order chi connectivity index (χ1) is 32.8. The van der Waals surface area contributed by atoms with E-state index in [0.717, 1.165) is 68.9 Å². The first-order valence-electron chi connectivity index (χ1n) is 25.4. The summed E-state index contributed by atoms with van der Waals surface area (Å²) < 4.78 is 26.3. The highest BCUT2D eigenvalue weighted by molar-refractivity contribution is 6.03. The highest BCUT2D eigenvalue weighted by atomic mass is 16.8. The number of benzene rings is 2. The van der Waals surface area contributed by atoms with Crippen molar-refractivity contribution in [1.82, 2.24) is 10.2 Å². The summed E-state index contributed by atoms with van der Waals surface area (Å²) in [7, 11) is 1.75. The van der Waals surface area contributed by atoms with E-state index in [1.54, 1.807) is 48.4 Å². The fourth-order valence-corrected chi connectivity index (χ4v) is 10.7. The van der Waals surface area contributed by atoms with Crippen molar-refractivity contribution >= 4 is 17.7 Å². The van der Waals surface area contributed by atoms with E-state index in [4.69, 9.17) is 28.9 Å². The molecule has 3 N–H and O–H groups in total. The van der Waals surface area contributed by atoms with Gasteiger partial charge in [0.05, 0.1) is 36.5 Å². The van der Waals surface area contributed by atoms with Gasteiger partial charge < -0.3 is 44.2 Å². The summed E-state index contributed by atoms with van der Waals surface area (Å²) in [6, 6.07) is 13.5. The Labute approximate surface area is 398 Å². The van der Waals surface area contributed by atoms with Crippen molar-refractivity contribution in [2.24, 2.45) is 22.9 Å². The maximum atomic E-state index is 14.6. The van der Waals surface area contributed by atoms with E-state index in [0.29, 0.717) is 60.8 Å². The van der Waals surface area contributed by atoms with Gasteiger partial charge >= 0.3 is 6.09 Å². The van der Waals surface area contributed by atoms with Crippen LogP contribution in [0.15, 0.2) is 71.9 Å². The lowest BCUT2D eigenvalue weighted by Gasteiger charge is -2.59. The smallest absolute Gasteiger partial charge is 0.412 e. The zero-order valence-corrected chi connectivity index (χ0v) is 40.1. The summed E-state index contributed by atoms with van der Waals surface area (Å²) in [6.07, 6.45) is 22.3. The molecule has 0 bridgehead atoms. The quantitative estimate of drug-likeness (QED) is 0.0445. The Morgan fingerprint density at radius 3 is 2.34 bits per heavy atom. The van der Waals surface area contributed by atoms with Crippen LogP contribution in [0.2, 0.25) is 0 Å². The lowest BCUT2D eigenvalue weighted by atomic mass is 9.55. The SMILES string of the molecule is C=CCOC12Oc3ccc(OC(=O)NCCCCCCCCCCCC)cc3C3C(CCCCO)C(CCCCO)C=C(C(=NOC4CCCCO4)CC1N(C)C(=O)c1ccc(C#N)cc1)C32. The minimum Gasteiger partial charge on any atom is -0.459 e. The molecule has 13 heteroatoms. The number of rotatable bonds is 27. The van der Waals surface area contributed by atoms with E-state index in [-0.39, 0.29) is 49.9 Å². The summed E-state index contributed by atoms with van der Waals surface area (Å²) in [5.74, 6) is -1.58. The van der Waals surface area contributed by atoms with Gasteiger partial charge in [0.1, 0.15) is 17.5 Å². The molecule has 1 saturated carbocycles. The van der Waals surface area contributed by atoms with E-state index in [1.165, 1.54) is 44.9 Å². The zero-order chi connectivity index (χ0) is 47.4. The number of aliphatic hydroxyl groups excluding tert-OH is 2. The van der Waals surface area contributed by atoms with E-state index in [2.05, 4.69) is 31.0 Å². The Morgan fingerprint density at radius 1 is 0.955 bits per heavy atom. The second kappa shape index (κ2) is 26.7. The van der Waals surface area contributed by atoms with E-state index < -0.39 is 30.1 Å². The number of nitriles is 1. The van der Waals surface area contributed by atoms with E-state index >= 15 is 0 Å². The molecule has 0 aromatic heterocycles. The van der Waals surface area contributed by atoms with Crippen LogP contribution in [0.5, 0.6) is 11.5 Å². The molecule has 7 atom stereocenters. The van der Waals surface area contributed by atoms with E-state index in [9.17, 15) is 25.1 Å². The van der Waals surface area contributed by atoms with Crippen molar-refractivity contribution in [1.29, 1.82) is 5.26 Å². The Bertz CT molecular complexity index is 1990. The van der Waals surface area contributed by atoms with Crippen LogP contribution >= 0.6 is 0 Å². The van der Waals surface area contributed by atoms with Crippen molar-refractivity contribution in [2.45, 2.75) is 159 Å². The van der Waals surface area contributed by atoms with Gasteiger partial charge in [0.2, 0.25) is 12.1 Å². The number of likely N-dealkylation sites (N-methyl/N-ethyl adjacent to an activating group) is 1. The van der Waals surface area contributed by atoms with Gasteiger partial charge in [-0.3, -0.25) is 4.79 Å². The maximum Gasteiger partial charge on any atom is 0.412 e. The number of hydrogen-bond acceptors (Lipinski definition) is 11. The summed E-state index contributed by atoms with van der Waals surface area (Å²) in [6.45, 7) is 7.64. The molecule has 2 aromatic carbocycles. The number of nitrogens with zero attached hydrogens (tertiary/aromatic N) is 3. The fourth-order valence-electron chi connectivity index (χ4n) is 10.7. The van der Waals surface area contributed by atoms with Gasteiger partial charge in [0.25, 0.3) is 5.91 Å². The summed E-state index contributed by atoms with van der Waals surface area (Å²) in [5, 5.41) is 37.3. The van der Waals surface area contributed by atoms with Crippen LogP contribution in [0.1, 0.15) is 163 Å². The zero-order valence-electron chi connectivity index (χ0n) is 40.1. The predicted octanol–water partition coefficient (Wildman–Crippen LogP) is 10.5. The molecule has 0 spiro atoms. The second-order valence-electron chi connectivity index (χ2n) is 18.8. The minimum absolute atomic E-state index is 0.00380. The fraction of sp³-hybridized carbons (Fsp3) is 0.630. The standard InChI is InChI=1S/C54H76N4O9/c1-4-6-7-8-9-10-11-12-13-17-30-56-53(62)65-42-28-29-47-45(36-42)50-43(22-15-19-32-60)41(21-14-18-31-59)35-44-46(57-67-49-23-16-20-34-63-49)37-48(54(66-47,51(44)50)64-33-5-2)58(3)52(61)40-26-24-39(38-55)25-27-40/h5,24-29,35-36,41,43,48-51,59-60H,2,4,6-23,30-34,37H2,1,3H3,(H,56,62). The van der Waals surface area contributed by atoms with Crippen LogP contribution in [0, 0.1) is 29.1 Å². The maximum absolute atomic E-state index is 14.6. The third kappa shape index (κ3) is 13.5. The lowest BCUT2D eigenvalue weighted by Crippen LogP contribution is -2.69. The third-order valence-electron chi connectivity index (χ3n) is 14.1. The molecule has 1 saturated heterocycles. The number of amides is 2. The van der Waals surface area contributed by atoms with Crippen molar-refractivity contribution in [3.63, 3.8) is 0 Å². The number of aliphatic hydroxyl groups is 2. The van der Waals surface area contributed by atoms with Gasteiger partial charge in [-0.2, -0.15) is 5.26 Å². The molecule has 0 radical (unpaired) electrons. The molecular weight excluding hydrogens is 849 g/mol. The number of oxime groups is 1. The van der Waals surface area contributed by atoms with Gasteiger partial charge in [0, 0.05) is 56.7 Å². The van der Waals surface area contributed by atoms with Gasteiger partial charge in [0.15, 0.2) is 0 Å². The summed E-state index contributed by atoms with van der Waals surface area (Å²) in [5.41, 5.74) is 3.27. The molecule has 2 amide bonds. The second-order valence-corrected chi connectivity index (χ2v) is 18.8. The normalized spacial score (nSPS) is 24.6. The van der Waals surface area contributed by atoms with Crippen LogP contribution in [-0.2, 0) is 14.3 Å². The number of unbranched alkanes of at least 4 members (excludes halogenated alkanes) is 11. The van der Waals surface area contributed by atoms with Crippen molar-refractivity contribution in [2.75, 3.05) is 40.0 Å². The highest BCUT2D eigenvalue weighted by Crippen LogP contribution is 2.62. The highest BCUT2D eigenvalue weighted by Gasteiger charge is 2.65. The van der Waals surface area contributed by atoms with Crippen LogP contribution in [-0.4, -0.2) is 91.0 Å². The summed E-state index contributed by atoms with van der Waals surface area (Å²) in [4.78, 5) is 35.8. The minimum atomic E-state index is -1.45. The molecule has 2 aromatic rings. The number of nitrogens with one attached hydrogen (secondary N) is 1. The molecule has 2 aliphatic heterocycles. The Balaban J connectivity index is 1.37. The Kier molecular flexibility index (Phi) is 20.6. The van der Waals surface area contributed by atoms with Crippen LogP contribution in [0.25, 0.3) is 0 Å². The molecule has 67 heavy (non-hydrogen) atoms. The largest absolute Gasteiger partial charge is 0.459 e. The van der Waals surface area contributed by atoms with Crippen molar-refractivity contribution < 1.29 is 43.6 Å². The summed E-state index contributed by atoms with van der Waals surface area (Å²) >= 11 is 0. The molecule has 4 aliphatic rings. The lowest BCUT2D eigenvalue weighted by molar-refractivity contribution is -0.252. The number of carbonyl (C=O) groups is 2. The van der Waals surface area contributed by atoms with Crippen LogP contribution in [0.4, 0.5) is 4.79 Å². The molecule has 2 heterocycles. The Hall–Kier alpha value is -4.74. The number of hydrogen-bond donors (Lipinski definition) is 3. The molecule has 6 rings (SSSR count). The van der Waals surface area contributed by atoms with Crippen LogP contribution < -0.4 is 14.8 Å². The first kappa shape index (κ1) is 51.6. The molecule has 2 aliphatic carbocycles. The van der Waals surface area contributed by atoms with Crippen molar-refractivity contribution in [3.8, 4) is 17.6 Å². The third-order valence-corrected chi connectivity index (χ3v) is 14.1. The van der Waals surface area contributed by atoms with Gasteiger partial charge in [-0.05, 0) is 105 Å².